The molecule has 0 unspecified atom stereocenters. The van der Waals surface area contributed by atoms with Gasteiger partial charge in [0.15, 0.2) is 0 Å². The molecular weight excluding hydrogens is 378 g/mol. The molecule has 150 valence electrons. The summed E-state index contributed by atoms with van der Waals surface area (Å²) in [5.74, 6) is 0.303. The molecule has 3 N–H and O–H groups in total. The number of sulfonamides is 1. The first-order valence-electron chi connectivity index (χ1n) is 9.30. The molecule has 3 rings (SSSR count). The molecule has 8 heteroatoms. The minimum absolute atomic E-state index is 0.0870. The van der Waals surface area contributed by atoms with Crippen molar-refractivity contribution in [3.05, 3.63) is 59.2 Å². The molecule has 2 aromatic rings. The standard InChI is InChI=1S/C20H25N3O4S/c1-2-28(26,27)23-13-11-18-16(14-23)4-3-5-19(18)22-20(25)21-12-10-15-6-8-17(24)9-7-15/h3-9,24H,2,10-14H2,1H3,(H2,21,22,25). The van der Waals surface area contributed by atoms with Crippen LogP contribution in [0.1, 0.15) is 23.6 Å². The number of urea groups is 1. The summed E-state index contributed by atoms with van der Waals surface area (Å²) in [6.07, 6.45) is 1.23. The van der Waals surface area contributed by atoms with Gasteiger partial charge in [-0.15, -0.1) is 0 Å². The molecule has 0 saturated carbocycles. The molecule has 0 radical (unpaired) electrons. The predicted molar refractivity (Wildman–Crippen MR) is 109 cm³/mol. The van der Waals surface area contributed by atoms with Crippen molar-refractivity contribution in [2.45, 2.75) is 26.3 Å². The number of amides is 2. The van der Waals surface area contributed by atoms with Gasteiger partial charge in [-0.3, -0.25) is 0 Å². The Morgan fingerprint density at radius 1 is 1.18 bits per heavy atom. The summed E-state index contributed by atoms with van der Waals surface area (Å²) in [5, 5.41) is 15.0. The highest BCUT2D eigenvalue weighted by molar-refractivity contribution is 7.89. The number of fused-ring (bicyclic) bond motifs is 1. The molecule has 0 bridgehead atoms. The lowest BCUT2D eigenvalue weighted by atomic mass is 9.99. The van der Waals surface area contributed by atoms with Crippen molar-refractivity contribution in [3.8, 4) is 5.75 Å². The van der Waals surface area contributed by atoms with Gasteiger partial charge in [0.1, 0.15) is 5.75 Å². The van der Waals surface area contributed by atoms with Gasteiger partial charge in [-0.05, 0) is 54.7 Å². The second-order valence-corrected chi connectivity index (χ2v) is 8.98. The fourth-order valence-corrected chi connectivity index (χ4v) is 4.34. The second-order valence-electron chi connectivity index (χ2n) is 6.72. The van der Waals surface area contributed by atoms with Crippen LogP contribution in [0.15, 0.2) is 42.5 Å². The third-order valence-corrected chi connectivity index (χ3v) is 6.70. The van der Waals surface area contributed by atoms with Crippen LogP contribution in [0.25, 0.3) is 0 Å². The first-order chi connectivity index (χ1) is 13.4. The molecule has 0 aromatic heterocycles. The summed E-state index contributed by atoms with van der Waals surface area (Å²) in [4.78, 5) is 12.2. The lowest BCUT2D eigenvalue weighted by Gasteiger charge is -2.29. The zero-order chi connectivity index (χ0) is 20.1. The molecule has 0 spiro atoms. The van der Waals surface area contributed by atoms with Gasteiger partial charge in [-0.2, -0.15) is 4.31 Å². The normalized spacial score (nSPS) is 14.3. The summed E-state index contributed by atoms with van der Waals surface area (Å²) in [7, 11) is -3.22. The van der Waals surface area contributed by atoms with Gasteiger partial charge in [0.05, 0.1) is 5.75 Å². The van der Waals surface area contributed by atoms with E-state index in [-0.39, 0.29) is 17.5 Å². The molecule has 0 fully saturated rings. The molecule has 0 aliphatic carbocycles. The monoisotopic (exact) mass is 403 g/mol. The van der Waals surface area contributed by atoms with Crippen LogP contribution >= 0.6 is 0 Å². The molecule has 2 aromatic carbocycles. The Hall–Kier alpha value is -2.58. The molecule has 0 atom stereocenters. The molecular formula is C20H25N3O4S. The molecule has 2 amide bonds. The van der Waals surface area contributed by atoms with E-state index in [0.717, 1.165) is 16.7 Å². The average Bonchev–Trinajstić information content (AvgIpc) is 2.69. The number of hydrogen-bond donors (Lipinski definition) is 3. The zero-order valence-corrected chi connectivity index (χ0v) is 16.6. The Kier molecular flexibility index (Phi) is 6.21. The van der Waals surface area contributed by atoms with Crippen LogP contribution < -0.4 is 10.6 Å². The summed E-state index contributed by atoms with van der Waals surface area (Å²) >= 11 is 0. The smallest absolute Gasteiger partial charge is 0.319 e. The molecule has 1 aliphatic heterocycles. The van der Waals surface area contributed by atoms with Crippen LogP contribution in [0.4, 0.5) is 10.5 Å². The molecule has 28 heavy (non-hydrogen) atoms. The number of phenols is 1. The van der Waals surface area contributed by atoms with Crippen molar-refractivity contribution >= 4 is 21.7 Å². The Bertz CT molecular complexity index is 942. The molecule has 1 heterocycles. The van der Waals surface area contributed by atoms with Crippen LogP contribution in [0.5, 0.6) is 5.75 Å². The highest BCUT2D eigenvalue weighted by Gasteiger charge is 2.26. The number of anilines is 1. The Balaban J connectivity index is 1.58. The van der Waals surface area contributed by atoms with E-state index < -0.39 is 10.0 Å². The van der Waals surface area contributed by atoms with Crippen LogP contribution in [-0.4, -0.2) is 42.7 Å². The maximum Gasteiger partial charge on any atom is 0.319 e. The number of nitrogens with one attached hydrogen (secondary N) is 2. The van der Waals surface area contributed by atoms with E-state index in [1.165, 1.54) is 4.31 Å². The number of hydrogen-bond acceptors (Lipinski definition) is 4. The molecule has 0 saturated heterocycles. The third-order valence-electron chi connectivity index (χ3n) is 4.87. The maximum absolute atomic E-state index is 12.2. The third kappa shape index (κ3) is 4.82. The number of phenolic OH excluding ortho intramolecular Hbond substituents is 1. The Morgan fingerprint density at radius 3 is 2.64 bits per heavy atom. The summed E-state index contributed by atoms with van der Waals surface area (Å²) in [5.41, 5.74) is 3.64. The van der Waals surface area contributed by atoms with Gasteiger partial charge in [-0.1, -0.05) is 24.3 Å². The van der Waals surface area contributed by atoms with Crippen molar-refractivity contribution in [2.75, 3.05) is 24.2 Å². The Morgan fingerprint density at radius 2 is 1.93 bits per heavy atom. The highest BCUT2D eigenvalue weighted by Crippen LogP contribution is 2.27. The summed E-state index contributed by atoms with van der Waals surface area (Å²) in [6, 6.07) is 12.1. The van der Waals surface area contributed by atoms with Crippen LogP contribution in [0, 0.1) is 0 Å². The molecule has 7 nitrogen and oxygen atoms in total. The van der Waals surface area contributed by atoms with Crippen molar-refractivity contribution in [1.29, 1.82) is 0 Å². The van der Waals surface area contributed by atoms with E-state index in [1.807, 2.05) is 30.3 Å². The molecule has 1 aliphatic rings. The van der Waals surface area contributed by atoms with Crippen molar-refractivity contribution in [3.63, 3.8) is 0 Å². The summed E-state index contributed by atoms with van der Waals surface area (Å²) in [6.45, 7) is 2.87. The van der Waals surface area contributed by atoms with E-state index in [1.54, 1.807) is 19.1 Å². The van der Waals surface area contributed by atoms with Gasteiger partial charge in [-0.25, -0.2) is 13.2 Å². The topological polar surface area (TPSA) is 98.7 Å². The number of carbonyl (C=O) groups is 1. The number of nitrogens with zero attached hydrogens (tertiary/aromatic N) is 1. The van der Waals surface area contributed by atoms with Crippen molar-refractivity contribution in [1.82, 2.24) is 9.62 Å². The van der Waals surface area contributed by atoms with Crippen molar-refractivity contribution < 1.29 is 18.3 Å². The van der Waals surface area contributed by atoms with Crippen LogP contribution in [0.3, 0.4) is 0 Å². The lowest BCUT2D eigenvalue weighted by molar-refractivity contribution is 0.252. The van der Waals surface area contributed by atoms with E-state index in [4.69, 9.17) is 0 Å². The van der Waals surface area contributed by atoms with E-state index in [0.29, 0.717) is 38.2 Å². The van der Waals surface area contributed by atoms with E-state index >= 15 is 0 Å². The van der Waals surface area contributed by atoms with Crippen LogP contribution in [-0.2, 0) is 29.4 Å². The van der Waals surface area contributed by atoms with Gasteiger partial charge in [0.2, 0.25) is 10.0 Å². The lowest BCUT2D eigenvalue weighted by Crippen LogP contribution is -2.37. The fourth-order valence-electron chi connectivity index (χ4n) is 3.27. The zero-order valence-electron chi connectivity index (χ0n) is 15.8. The van der Waals surface area contributed by atoms with Gasteiger partial charge in [0, 0.05) is 25.3 Å². The first-order valence-corrected chi connectivity index (χ1v) is 10.9. The maximum atomic E-state index is 12.2. The number of carbonyl (C=O) groups excluding carboxylic acids is 1. The van der Waals surface area contributed by atoms with Crippen molar-refractivity contribution in [2.24, 2.45) is 0 Å². The van der Waals surface area contributed by atoms with Gasteiger partial charge >= 0.3 is 6.03 Å². The number of aromatic hydroxyl groups is 1. The number of benzene rings is 2. The van der Waals surface area contributed by atoms with E-state index in [2.05, 4.69) is 10.6 Å². The quantitative estimate of drug-likeness (QED) is 0.690. The van der Waals surface area contributed by atoms with Crippen LogP contribution in [0.2, 0.25) is 0 Å². The first kappa shape index (κ1) is 20.2. The second kappa shape index (κ2) is 8.62. The van der Waals surface area contributed by atoms with Gasteiger partial charge in [0.25, 0.3) is 0 Å². The SMILES string of the molecule is CCS(=O)(=O)N1CCc2c(cccc2NC(=O)NCCc2ccc(O)cc2)C1. The van der Waals surface area contributed by atoms with Gasteiger partial charge < -0.3 is 15.7 Å². The predicted octanol–water partition coefficient (Wildman–Crippen LogP) is 2.46. The van der Waals surface area contributed by atoms with E-state index in [9.17, 15) is 18.3 Å². The fraction of sp³-hybridized carbons (Fsp3) is 0.350. The highest BCUT2D eigenvalue weighted by atomic mass is 32.2. The average molecular weight is 404 g/mol. The minimum Gasteiger partial charge on any atom is -0.508 e. The number of rotatable bonds is 6. The Labute approximate surface area is 165 Å². The minimum atomic E-state index is -3.22. The summed E-state index contributed by atoms with van der Waals surface area (Å²) < 4.78 is 25.7. The largest absolute Gasteiger partial charge is 0.508 e.